The standard InChI is InChI=1S/C9H4BrF4N3O2/c1-19-6-3(11)2-17-7(18)4(10)5(9(12,13)14)15-8(17)16-6/h2H,1H3. The van der Waals surface area contributed by atoms with E-state index in [-0.39, 0.29) is 0 Å². The van der Waals surface area contributed by atoms with E-state index in [0.29, 0.717) is 10.6 Å². The number of hydrogen-bond acceptors (Lipinski definition) is 4. The van der Waals surface area contributed by atoms with E-state index < -0.39 is 39.4 Å². The predicted octanol–water partition coefficient (Wildman–Crippen LogP) is 2.02. The smallest absolute Gasteiger partial charge is 0.434 e. The van der Waals surface area contributed by atoms with Gasteiger partial charge < -0.3 is 4.74 Å². The molecule has 0 radical (unpaired) electrons. The Balaban J connectivity index is 2.89. The van der Waals surface area contributed by atoms with Gasteiger partial charge in [0.05, 0.1) is 13.3 Å². The van der Waals surface area contributed by atoms with E-state index in [1.807, 2.05) is 0 Å². The van der Waals surface area contributed by atoms with Gasteiger partial charge >= 0.3 is 6.18 Å². The molecule has 0 aliphatic heterocycles. The summed E-state index contributed by atoms with van der Waals surface area (Å²) in [6.45, 7) is 0. The summed E-state index contributed by atoms with van der Waals surface area (Å²) in [5, 5.41) is 0. The summed E-state index contributed by atoms with van der Waals surface area (Å²) in [5.74, 6) is -2.16. The summed E-state index contributed by atoms with van der Waals surface area (Å²) in [7, 11) is 1.09. The van der Waals surface area contributed by atoms with E-state index in [4.69, 9.17) is 0 Å². The average molecular weight is 342 g/mol. The Labute approximate surface area is 111 Å². The topological polar surface area (TPSA) is 56.5 Å². The summed E-state index contributed by atoms with van der Waals surface area (Å²) in [4.78, 5) is 18.3. The Morgan fingerprint density at radius 1 is 1.37 bits per heavy atom. The molecule has 2 rings (SSSR count). The zero-order valence-corrected chi connectivity index (χ0v) is 10.7. The zero-order valence-electron chi connectivity index (χ0n) is 9.13. The van der Waals surface area contributed by atoms with Crippen molar-refractivity contribution in [1.82, 2.24) is 14.4 Å². The summed E-state index contributed by atoms with van der Waals surface area (Å²) in [5.41, 5.74) is -2.55. The highest BCUT2D eigenvalue weighted by atomic mass is 79.9. The van der Waals surface area contributed by atoms with E-state index in [9.17, 15) is 22.4 Å². The molecular formula is C9H4BrF4N3O2. The molecule has 102 valence electrons. The van der Waals surface area contributed by atoms with Crippen molar-refractivity contribution in [3.8, 4) is 5.88 Å². The van der Waals surface area contributed by atoms with E-state index >= 15 is 0 Å². The summed E-state index contributed by atoms with van der Waals surface area (Å²) in [6.07, 6.45) is -4.18. The third-order valence-corrected chi connectivity index (χ3v) is 2.87. The van der Waals surface area contributed by atoms with Crippen LogP contribution in [0.4, 0.5) is 17.6 Å². The van der Waals surface area contributed by atoms with Gasteiger partial charge in [-0.15, -0.1) is 0 Å². The Morgan fingerprint density at radius 2 is 2.00 bits per heavy atom. The molecule has 2 heterocycles. The fourth-order valence-corrected chi connectivity index (χ4v) is 1.84. The lowest BCUT2D eigenvalue weighted by Gasteiger charge is -2.10. The fraction of sp³-hybridized carbons (Fsp3) is 0.222. The molecule has 0 saturated heterocycles. The van der Waals surface area contributed by atoms with Crippen LogP contribution in [0.2, 0.25) is 0 Å². The van der Waals surface area contributed by atoms with Crippen LogP contribution in [0.3, 0.4) is 0 Å². The number of nitrogens with zero attached hydrogens (tertiary/aromatic N) is 3. The fourth-order valence-electron chi connectivity index (χ4n) is 1.34. The molecule has 5 nitrogen and oxygen atoms in total. The molecule has 0 aliphatic carbocycles. The van der Waals surface area contributed by atoms with Gasteiger partial charge in [0.1, 0.15) is 4.47 Å². The molecule has 0 atom stereocenters. The largest absolute Gasteiger partial charge is 0.479 e. The number of rotatable bonds is 1. The second-order valence-electron chi connectivity index (χ2n) is 3.35. The Morgan fingerprint density at radius 3 is 2.53 bits per heavy atom. The van der Waals surface area contributed by atoms with Gasteiger partial charge in [-0.1, -0.05) is 0 Å². The maximum atomic E-state index is 13.4. The molecule has 0 saturated carbocycles. The second-order valence-corrected chi connectivity index (χ2v) is 4.14. The number of ether oxygens (including phenoxy) is 1. The Kier molecular flexibility index (Phi) is 3.20. The Bertz CT molecular complexity index is 713. The van der Waals surface area contributed by atoms with Crippen LogP contribution in [0.15, 0.2) is 15.5 Å². The lowest BCUT2D eigenvalue weighted by atomic mass is 10.4. The SMILES string of the molecule is COc1nc2nc(C(F)(F)F)c(Br)c(=O)n2cc1F. The molecule has 0 aromatic carbocycles. The lowest BCUT2D eigenvalue weighted by Crippen LogP contribution is -2.23. The highest BCUT2D eigenvalue weighted by Gasteiger charge is 2.37. The van der Waals surface area contributed by atoms with Crippen molar-refractivity contribution in [3.05, 3.63) is 32.5 Å². The van der Waals surface area contributed by atoms with Crippen LogP contribution in [-0.4, -0.2) is 21.5 Å². The van der Waals surface area contributed by atoms with Gasteiger partial charge in [-0.3, -0.25) is 4.79 Å². The molecule has 19 heavy (non-hydrogen) atoms. The van der Waals surface area contributed by atoms with Gasteiger partial charge in [0.2, 0.25) is 11.6 Å². The van der Waals surface area contributed by atoms with E-state index in [2.05, 4.69) is 30.6 Å². The van der Waals surface area contributed by atoms with Crippen molar-refractivity contribution in [2.75, 3.05) is 7.11 Å². The van der Waals surface area contributed by atoms with Crippen LogP contribution in [0.25, 0.3) is 5.78 Å². The van der Waals surface area contributed by atoms with Crippen molar-refractivity contribution in [2.45, 2.75) is 6.18 Å². The second kappa shape index (κ2) is 4.44. The molecule has 0 amide bonds. The van der Waals surface area contributed by atoms with Crippen molar-refractivity contribution < 1.29 is 22.3 Å². The first kappa shape index (κ1) is 13.7. The number of halogens is 5. The predicted molar refractivity (Wildman–Crippen MR) is 58.5 cm³/mol. The molecule has 10 heteroatoms. The molecule has 0 N–H and O–H groups in total. The maximum Gasteiger partial charge on any atom is 0.434 e. The lowest BCUT2D eigenvalue weighted by molar-refractivity contribution is -0.141. The third-order valence-electron chi connectivity index (χ3n) is 2.15. The van der Waals surface area contributed by atoms with E-state index in [0.717, 1.165) is 7.11 Å². The monoisotopic (exact) mass is 341 g/mol. The van der Waals surface area contributed by atoms with Crippen LogP contribution < -0.4 is 10.3 Å². The molecule has 2 aromatic rings. The quantitative estimate of drug-likeness (QED) is 0.744. The van der Waals surface area contributed by atoms with Gasteiger partial charge in [-0.05, 0) is 15.9 Å². The van der Waals surface area contributed by atoms with E-state index in [1.165, 1.54) is 0 Å². The first-order valence-corrected chi connectivity index (χ1v) is 5.44. The Hall–Kier alpha value is -1.71. The minimum Gasteiger partial charge on any atom is -0.479 e. The van der Waals surface area contributed by atoms with Crippen LogP contribution in [-0.2, 0) is 6.18 Å². The summed E-state index contributed by atoms with van der Waals surface area (Å²) >= 11 is 2.50. The number of fused-ring (bicyclic) bond motifs is 1. The summed E-state index contributed by atoms with van der Waals surface area (Å²) in [6, 6.07) is 0. The van der Waals surface area contributed by atoms with Crippen LogP contribution in [0.1, 0.15) is 5.69 Å². The van der Waals surface area contributed by atoms with Gasteiger partial charge in [-0.25, -0.2) is 9.38 Å². The maximum absolute atomic E-state index is 13.4. The van der Waals surface area contributed by atoms with Crippen LogP contribution >= 0.6 is 15.9 Å². The molecule has 2 aromatic heterocycles. The zero-order chi connectivity index (χ0) is 14.4. The van der Waals surface area contributed by atoms with Crippen molar-refractivity contribution in [2.24, 2.45) is 0 Å². The van der Waals surface area contributed by atoms with Crippen LogP contribution in [0.5, 0.6) is 5.88 Å². The van der Waals surface area contributed by atoms with Crippen molar-refractivity contribution >= 4 is 21.7 Å². The molecular weight excluding hydrogens is 338 g/mol. The van der Waals surface area contributed by atoms with Crippen molar-refractivity contribution in [1.29, 1.82) is 0 Å². The normalized spacial score (nSPS) is 11.9. The molecule has 0 unspecified atom stereocenters. The highest BCUT2D eigenvalue weighted by molar-refractivity contribution is 9.10. The van der Waals surface area contributed by atoms with Gasteiger partial charge in [-0.2, -0.15) is 22.5 Å². The van der Waals surface area contributed by atoms with Gasteiger partial charge in [0, 0.05) is 0 Å². The van der Waals surface area contributed by atoms with Gasteiger partial charge in [0.15, 0.2) is 5.69 Å². The van der Waals surface area contributed by atoms with E-state index in [1.54, 1.807) is 0 Å². The highest BCUT2D eigenvalue weighted by Crippen LogP contribution is 2.31. The van der Waals surface area contributed by atoms with Crippen molar-refractivity contribution in [3.63, 3.8) is 0 Å². The summed E-state index contributed by atoms with van der Waals surface area (Å²) < 4.78 is 55.5. The van der Waals surface area contributed by atoms with Crippen LogP contribution in [0, 0.1) is 5.82 Å². The molecule has 0 aliphatic rings. The number of aromatic nitrogens is 3. The average Bonchev–Trinajstić information content (AvgIpc) is 2.32. The minimum absolute atomic E-state index is 0.553. The number of alkyl halides is 3. The van der Waals surface area contributed by atoms with Gasteiger partial charge in [0.25, 0.3) is 11.4 Å². The molecule has 0 spiro atoms. The molecule has 0 bridgehead atoms. The first-order chi connectivity index (χ1) is 8.75. The minimum atomic E-state index is -4.84. The number of methoxy groups -OCH3 is 1. The third kappa shape index (κ3) is 2.27. The first-order valence-electron chi connectivity index (χ1n) is 4.65. The number of hydrogen-bond donors (Lipinski definition) is 0. The molecule has 0 fully saturated rings.